The summed E-state index contributed by atoms with van der Waals surface area (Å²) in [6.45, 7) is 1.41. The average Bonchev–Trinajstić information content (AvgIpc) is 2.72. The first-order valence-electron chi connectivity index (χ1n) is 8.89. The third-order valence-corrected chi connectivity index (χ3v) is 6.22. The first-order valence-corrected chi connectivity index (χ1v) is 10.3. The van der Waals surface area contributed by atoms with E-state index in [1.165, 1.54) is 22.5 Å². The second-order valence-electron chi connectivity index (χ2n) is 6.27. The quantitative estimate of drug-likeness (QED) is 0.728. The van der Waals surface area contributed by atoms with Gasteiger partial charge < -0.3 is 15.4 Å². The minimum absolute atomic E-state index is 0.0600. The predicted molar refractivity (Wildman–Crippen MR) is 103 cm³/mol. The zero-order valence-corrected chi connectivity index (χ0v) is 16.0. The maximum atomic E-state index is 13.6. The number of anilines is 1. The summed E-state index contributed by atoms with van der Waals surface area (Å²) in [5.74, 6) is -0.707. The van der Waals surface area contributed by atoms with Crippen LogP contribution >= 0.6 is 0 Å². The molecule has 1 fully saturated rings. The van der Waals surface area contributed by atoms with Crippen molar-refractivity contribution in [3.8, 4) is 0 Å². The molecule has 1 heterocycles. The Morgan fingerprint density at radius 2 is 1.86 bits per heavy atom. The Morgan fingerprint density at radius 1 is 1.11 bits per heavy atom. The number of hydrogen-bond donors (Lipinski definition) is 2. The van der Waals surface area contributed by atoms with Crippen LogP contribution in [0, 0.1) is 5.82 Å². The molecule has 28 heavy (non-hydrogen) atoms. The van der Waals surface area contributed by atoms with Crippen molar-refractivity contribution >= 4 is 21.6 Å². The van der Waals surface area contributed by atoms with E-state index in [0.29, 0.717) is 37.6 Å². The van der Waals surface area contributed by atoms with Gasteiger partial charge in [0.15, 0.2) is 0 Å². The van der Waals surface area contributed by atoms with Crippen molar-refractivity contribution in [2.24, 2.45) is 0 Å². The minimum atomic E-state index is -3.60. The molecule has 150 valence electrons. The highest BCUT2D eigenvalue weighted by molar-refractivity contribution is 7.89. The maximum Gasteiger partial charge on any atom is 0.243 e. The fraction of sp³-hybridized carbons (Fsp3) is 0.316. The Hall–Kier alpha value is -2.49. The highest BCUT2D eigenvalue weighted by Crippen LogP contribution is 2.20. The van der Waals surface area contributed by atoms with Crippen LogP contribution < -0.4 is 10.6 Å². The number of sulfonamides is 1. The molecule has 0 atom stereocenters. The molecule has 1 aliphatic heterocycles. The maximum absolute atomic E-state index is 13.6. The number of morpholine rings is 1. The summed E-state index contributed by atoms with van der Waals surface area (Å²) in [6, 6.07) is 12.5. The van der Waals surface area contributed by atoms with E-state index in [1.54, 1.807) is 30.3 Å². The molecule has 0 unspecified atom stereocenters. The zero-order chi connectivity index (χ0) is 20.0. The van der Waals surface area contributed by atoms with E-state index in [-0.39, 0.29) is 29.7 Å². The Kier molecular flexibility index (Phi) is 6.61. The van der Waals surface area contributed by atoms with Crippen LogP contribution in [0.1, 0.15) is 5.56 Å². The second kappa shape index (κ2) is 9.13. The number of hydrogen-bond acceptors (Lipinski definition) is 5. The number of carbonyl (C=O) groups is 1. The molecule has 2 aromatic carbocycles. The molecule has 2 N–H and O–H groups in total. The zero-order valence-electron chi connectivity index (χ0n) is 15.2. The van der Waals surface area contributed by atoms with E-state index < -0.39 is 10.0 Å². The largest absolute Gasteiger partial charge is 0.379 e. The number of halogens is 1. The first-order chi connectivity index (χ1) is 13.5. The molecule has 0 aliphatic carbocycles. The topological polar surface area (TPSA) is 87.7 Å². The number of ether oxygens (including phenoxy) is 1. The summed E-state index contributed by atoms with van der Waals surface area (Å²) < 4.78 is 45.5. The smallest absolute Gasteiger partial charge is 0.243 e. The van der Waals surface area contributed by atoms with Gasteiger partial charge in [0.2, 0.25) is 15.9 Å². The van der Waals surface area contributed by atoms with Crippen LogP contribution in [-0.4, -0.2) is 51.5 Å². The second-order valence-corrected chi connectivity index (χ2v) is 8.20. The monoisotopic (exact) mass is 407 g/mol. The molecule has 7 nitrogen and oxygen atoms in total. The lowest BCUT2D eigenvalue weighted by molar-refractivity contribution is -0.119. The summed E-state index contributed by atoms with van der Waals surface area (Å²) in [5.41, 5.74) is 0.907. The van der Waals surface area contributed by atoms with Gasteiger partial charge in [0, 0.05) is 30.9 Å². The van der Waals surface area contributed by atoms with Crippen molar-refractivity contribution < 1.29 is 22.3 Å². The van der Waals surface area contributed by atoms with E-state index in [1.807, 2.05) is 0 Å². The summed E-state index contributed by atoms with van der Waals surface area (Å²) in [6.07, 6.45) is 0. The first kappa shape index (κ1) is 20.2. The van der Waals surface area contributed by atoms with Crippen molar-refractivity contribution in [1.29, 1.82) is 0 Å². The number of nitrogens with one attached hydrogen (secondary N) is 2. The van der Waals surface area contributed by atoms with Crippen LogP contribution in [0.25, 0.3) is 0 Å². The minimum Gasteiger partial charge on any atom is -0.379 e. The molecule has 1 saturated heterocycles. The fourth-order valence-corrected chi connectivity index (χ4v) is 4.24. The summed E-state index contributed by atoms with van der Waals surface area (Å²) in [4.78, 5) is 12.2. The van der Waals surface area contributed by atoms with Crippen molar-refractivity contribution in [3.05, 3.63) is 59.9 Å². The van der Waals surface area contributed by atoms with Crippen molar-refractivity contribution in [3.63, 3.8) is 0 Å². The Balaban J connectivity index is 1.57. The molecular formula is C19H22FN3O4S. The van der Waals surface area contributed by atoms with Gasteiger partial charge in [0.05, 0.1) is 24.7 Å². The SMILES string of the molecule is O=C(CNc1cccc(S(=O)(=O)N2CCOCC2)c1)NCc1ccccc1F. The predicted octanol–water partition coefficient (Wildman–Crippen LogP) is 1.57. The number of nitrogens with zero attached hydrogens (tertiary/aromatic N) is 1. The van der Waals surface area contributed by atoms with Crippen LogP contribution in [0.3, 0.4) is 0 Å². The van der Waals surface area contributed by atoms with Crippen LogP contribution in [-0.2, 0) is 26.1 Å². The summed E-state index contributed by atoms with van der Waals surface area (Å²) in [5, 5.41) is 5.52. The Labute approximate surface area is 163 Å². The highest BCUT2D eigenvalue weighted by atomic mass is 32.2. The normalized spacial score (nSPS) is 15.2. The van der Waals surface area contributed by atoms with Gasteiger partial charge in [-0.05, 0) is 24.3 Å². The molecule has 1 aliphatic rings. The fourth-order valence-electron chi connectivity index (χ4n) is 2.78. The van der Waals surface area contributed by atoms with E-state index in [0.717, 1.165) is 0 Å². The lowest BCUT2D eigenvalue weighted by Gasteiger charge is -2.26. The molecule has 0 aromatic heterocycles. The lowest BCUT2D eigenvalue weighted by Crippen LogP contribution is -2.40. The standard InChI is InChI=1S/C19H22FN3O4S/c20-18-7-2-1-4-15(18)13-22-19(24)14-21-16-5-3-6-17(12-16)28(25,26)23-8-10-27-11-9-23/h1-7,12,21H,8-11,13-14H2,(H,22,24). The number of amides is 1. The Bertz CT molecular complexity index is 930. The molecule has 0 saturated carbocycles. The molecule has 0 bridgehead atoms. The molecule has 3 rings (SSSR count). The van der Waals surface area contributed by atoms with Gasteiger partial charge >= 0.3 is 0 Å². The van der Waals surface area contributed by atoms with E-state index in [4.69, 9.17) is 4.74 Å². The Morgan fingerprint density at radius 3 is 2.61 bits per heavy atom. The highest BCUT2D eigenvalue weighted by Gasteiger charge is 2.26. The van der Waals surface area contributed by atoms with Crippen LogP contribution in [0.5, 0.6) is 0 Å². The van der Waals surface area contributed by atoms with Crippen LogP contribution in [0.15, 0.2) is 53.4 Å². The molecule has 9 heteroatoms. The summed E-state index contributed by atoms with van der Waals surface area (Å²) >= 11 is 0. The van der Waals surface area contributed by atoms with Crippen LogP contribution in [0.2, 0.25) is 0 Å². The van der Waals surface area contributed by atoms with Gasteiger partial charge in [-0.15, -0.1) is 0 Å². The number of rotatable bonds is 7. The van der Waals surface area contributed by atoms with Gasteiger partial charge in [0.1, 0.15) is 5.82 Å². The third-order valence-electron chi connectivity index (χ3n) is 4.33. The van der Waals surface area contributed by atoms with Gasteiger partial charge in [-0.25, -0.2) is 12.8 Å². The molecule has 0 radical (unpaired) electrons. The molecule has 2 aromatic rings. The third kappa shape index (κ3) is 5.06. The van der Waals surface area contributed by atoms with Crippen molar-refractivity contribution in [1.82, 2.24) is 9.62 Å². The van der Waals surface area contributed by atoms with Gasteiger partial charge in [-0.3, -0.25) is 4.79 Å². The van der Waals surface area contributed by atoms with E-state index >= 15 is 0 Å². The average molecular weight is 407 g/mol. The number of benzene rings is 2. The van der Waals surface area contributed by atoms with Crippen LogP contribution in [0.4, 0.5) is 10.1 Å². The molecule has 1 amide bonds. The molecule has 0 spiro atoms. The summed E-state index contributed by atoms with van der Waals surface area (Å²) in [7, 11) is -3.60. The van der Waals surface area contributed by atoms with Gasteiger partial charge in [-0.1, -0.05) is 24.3 Å². The molecular weight excluding hydrogens is 385 g/mol. The lowest BCUT2D eigenvalue weighted by atomic mass is 10.2. The van der Waals surface area contributed by atoms with E-state index in [9.17, 15) is 17.6 Å². The van der Waals surface area contributed by atoms with Crippen molar-refractivity contribution in [2.45, 2.75) is 11.4 Å². The van der Waals surface area contributed by atoms with E-state index in [2.05, 4.69) is 10.6 Å². The van der Waals surface area contributed by atoms with Gasteiger partial charge in [0.25, 0.3) is 0 Å². The number of carbonyl (C=O) groups excluding carboxylic acids is 1. The van der Waals surface area contributed by atoms with Crippen molar-refractivity contribution in [2.75, 3.05) is 38.2 Å². The van der Waals surface area contributed by atoms with Gasteiger partial charge in [-0.2, -0.15) is 4.31 Å².